The maximum Gasteiger partial charge on any atom is 0.0592 e. The van der Waals surface area contributed by atoms with E-state index in [9.17, 15) is 0 Å². The monoisotopic (exact) mass is 153 g/mol. The molecular weight excluding hydrogens is 141 g/mol. The van der Waals surface area contributed by atoms with Crippen LogP contribution in [-0.2, 0) is 0 Å². The lowest BCUT2D eigenvalue weighted by atomic mass is 10.1. The number of hydrogen-bond acceptors (Lipinski definition) is 1. The maximum absolute atomic E-state index is 4.37. The van der Waals surface area contributed by atoms with Crippen molar-refractivity contribution in [2.24, 2.45) is 0 Å². The Morgan fingerprint density at radius 3 is 2.80 bits per heavy atom. The van der Waals surface area contributed by atoms with Gasteiger partial charge in [0.05, 0.1) is 5.43 Å². The second kappa shape index (κ2) is 2.75. The van der Waals surface area contributed by atoms with Crippen molar-refractivity contribution in [3.05, 3.63) is 17.4 Å². The van der Waals surface area contributed by atoms with Crippen LogP contribution in [0, 0.1) is 0 Å². The van der Waals surface area contributed by atoms with E-state index in [4.69, 9.17) is 0 Å². The molecule has 1 aliphatic rings. The highest BCUT2D eigenvalue weighted by Gasteiger charge is 2.17. The lowest BCUT2D eigenvalue weighted by molar-refractivity contribution is 0.717. The molecule has 0 aromatic carbocycles. The van der Waals surface area contributed by atoms with Crippen LogP contribution in [0.1, 0.15) is 37.0 Å². The van der Waals surface area contributed by atoms with Gasteiger partial charge in [0.15, 0.2) is 0 Å². The van der Waals surface area contributed by atoms with E-state index >= 15 is 0 Å². The topological polar surface area (TPSA) is 12.9 Å². The molecule has 1 unspecified atom stereocenters. The highest BCUT2D eigenvalue weighted by molar-refractivity contribution is 7.30. The minimum Gasteiger partial charge on any atom is -0.257 e. The predicted molar refractivity (Wildman–Crippen MR) is 44.9 cm³/mol. The third kappa shape index (κ3) is 1.11. The summed E-state index contributed by atoms with van der Waals surface area (Å²) in [7, 11) is 0.903. The van der Waals surface area contributed by atoms with Crippen LogP contribution in [-0.4, -0.2) is 4.98 Å². The van der Waals surface area contributed by atoms with E-state index in [0.29, 0.717) is 0 Å². The lowest BCUT2D eigenvalue weighted by Crippen LogP contribution is -1.88. The maximum atomic E-state index is 4.37. The molecule has 0 aliphatic heterocycles. The SMILES string of the molecule is c1c[pH]c(C2CCCC2)n1. The number of aromatic nitrogens is 1. The second-order valence-corrected chi connectivity index (χ2v) is 4.09. The Kier molecular flexibility index (Phi) is 1.77. The molecule has 1 atom stereocenters. The molecule has 1 aromatic heterocycles. The van der Waals surface area contributed by atoms with E-state index in [0.717, 1.165) is 14.1 Å². The molecule has 0 spiro atoms. The zero-order chi connectivity index (χ0) is 6.81. The molecule has 0 bridgehead atoms. The molecule has 0 N–H and O–H groups in total. The van der Waals surface area contributed by atoms with E-state index in [1.54, 1.807) is 0 Å². The molecule has 0 amide bonds. The van der Waals surface area contributed by atoms with Gasteiger partial charge in [-0.3, -0.25) is 4.98 Å². The van der Waals surface area contributed by atoms with Gasteiger partial charge in [-0.25, -0.2) is 0 Å². The Bertz CT molecular complexity index is 187. The van der Waals surface area contributed by atoms with E-state index < -0.39 is 0 Å². The number of nitrogens with zero attached hydrogens (tertiary/aromatic N) is 1. The molecule has 2 rings (SSSR count). The van der Waals surface area contributed by atoms with E-state index in [1.807, 2.05) is 6.20 Å². The first-order chi connectivity index (χ1) is 4.97. The van der Waals surface area contributed by atoms with Gasteiger partial charge in [-0.05, 0) is 18.6 Å². The zero-order valence-corrected chi connectivity index (χ0v) is 7.01. The first kappa shape index (κ1) is 6.42. The molecule has 2 heteroatoms. The van der Waals surface area contributed by atoms with Crippen LogP contribution < -0.4 is 0 Å². The third-order valence-electron chi connectivity index (χ3n) is 2.26. The van der Waals surface area contributed by atoms with Crippen molar-refractivity contribution in [2.45, 2.75) is 31.6 Å². The normalized spacial score (nSPS) is 20.8. The molecule has 1 aromatic rings. The summed E-state index contributed by atoms with van der Waals surface area (Å²) in [5.74, 6) is 3.04. The fraction of sp³-hybridized carbons (Fsp3) is 0.625. The van der Waals surface area contributed by atoms with Gasteiger partial charge >= 0.3 is 0 Å². The molecular formula is C8H12NP. The quantitative estimate of drug-likeness (QED) is 0.604. The Balaban J connectivity index is 2.12. The van der Waals surface area contributed by atoms with Gasteiger partial charge in [0.25, 0.3) is 0 Å². The van der Waals surface area contributed by atoms with Crippen LogP contribution in [0.5, 0.6) is 0 Å². The average Bonchev–Trinajstić information content (AvgIpc) is 2.59. The van der Waals surface area contributed by atoms with Gasteiger partial charge in [0, 0.05) is 12.1 Å². The van der Waals surface area contributed by atoms with Crippen molar-refractivity contribution < 1.29 is 0 Å². The molecule has 1 fully saturated rings. The van der Waals surface area contributed by atoms with Crippen molar-refractivity contribution in [1.82, 2.24) is 4.98 Å². The Morgan fingerprint density at radius 1 is 1.40 bits per heavy atom. The van der Waals surface area contributed by atoms with Crippen LogP contribution in [0.3, 0.4) is 0 Å². The first-order valence-corrected chi connectivity index (χ1v) is 5.04. The summed E-state index contributed by atoms with van der Waals surface area (Å²) in [5, 5.41) is 0. The van der Waals surface area contributed by atoms with Crippen molar-refractivity contribution in [3.63, 3.8) is 0 Å². The summed E-state index contributed by atoms with van der Waals surface area (Å²) >= 11 is 0. The molecule has 1 heterocycles. The van der Waals surface area contributed by atoms with Gasteiger partial charge in [0.2, 0.25) is 0 Å². The Labute approximate surface area is 63.0 Å². The van der Waals surface area contributed by atoms with Crippen LogP contribution in [0.25, 0.3) is 0 Å². The minimum absolute atomic E-state index is 0.855. The van der Waals surface area contributed by atoms with Crippen LogP contribution in [0.4, 0.5) is 0 Å². The summed E-state index contributed by atoms with van der Waals surface area (Å²) in [6.07, 6.45) is 7.61. The molecule has 10 heavy (non-hydrogen) atoms. The Hall–Kier alpha value is -0.290. The minimum atomic E-state index is 0.855. The van der Waals surface area contributed by atoms with Crippen molar-refractivity contribution in [2.75, 3.05) is 0 Å². The van der Waals surface area contributed by atoms with Gasteiger partial charge in [-0.1, -0.05) is 12.8 Å². The molecule has 0 radical (unpaired) electrons. The lowest BCUT2D eigenvalue weighted by Gasteiger charge is -2.02. The highest BCUT2D eigenvalue weighted by Crippen LogP contribution is 2.36. The largest absolute Gasteiger partial charge is 0.257 e. The van der Waals surface area contributed by atoms with Gasteiger partial charge < -0.3 is 0 Å². The molecule has 54 valence electrons. The van der Waals surface area contributed by atoms with Crippen LogP contribution in [0.2, 0.25) is 0 Å². The summed E-state index contributed by atoms with van der Waals surface area (Å²) in [6, 6.07) is 0. The van der Waals surface area contributed by atoms with Gasteiger partial charge in [0.1, 0.15) is 0 Å². The fourth-order valence-electron chi connectivity index (χ4n) is 1.70. The summed E-state index contributed by atoms with van der Waals surface area (Å²) in [5.41, 5.74) is 1.47. The summed E-state index contributed by atoms with van der Waals surface area (Å²) < 4.78 is 0. The number of rotatable bonds is 1. The summed E-state index contributed by atoms with van der Waals surface area (Å²) in [4.78, 5) is 4.37. The average molecular weight is 153 g/mol. The van der Waals surface area contributed by atoms with E-state index in [-0.39, 0.29) is 0 Å². The van der Waals surface area contributed by atoms with E-state index in [1.165, 1.54) is 31.1 Å². The van der Waals surface area contributed by atoms with Crippen LogP contribution >= 0.6 is 8.19 Å². The molecule has 1 aliphatic carbocycles. The predicted octanol–water partition coefficient (Wildman–Crippen LogP) is 2.77. The van der Waals surface area contributed by atoms with Gasteiger partial charge in [-0.15, -0.1) is 8.19 Å². The van der Waals surface area contributed by atoms with Gasteiger partial charge in [-0.2, -0.15) is 0 Å². The van der Waals surface area contributed by atoms with Crippen LogP contribution in [0.15, 0.2) is 12.0 Å². The molecule has 0 saturated heterocycles. The second-order valence-electron chi connectivity index (χ2n) is 2.96. The summed E-state index contributed by atoms with van der Waals surface area (Å²) in [6.45, 7) is 0. The first-order valence-electron chi connectivity index (χ1n) is 3.96. The third-order valence-corrected chi connectivity index (χ3v) is 3.41. The highest BCUT2D eigenvalue weighted by atomic mass is 31.0. The zero-order valence-electron chi connectivity index (χ0n) is 6.01. The Morgan fingerprint density at radius 2 is 2.20 bits per heavy atom. The molecule has 1 saturated carbocycles. The van der Waals surface area contributed by atoms with Crippen molar-refractivity contribution >= 4 is 8.19 Å². The number of hydrogen-bond donors (Lipinski definition) is 0. The smallest absolute Gasteiger partial charge is 0.0592 e. The molecule has 1 nitrogen and oxygen atoms in total. The fourth-order valence-corrected chi connectivity index (χ4v) is 2.69. The van der Waals surface area contributed by atoms with Crippen molar-refractivity contribution in [1.29, 1.82) is 0 Å². The standard InChI is InChI=1S/C8H12NP/c1-2-4-7(3-1)8-9-5-6-10-8/h5-7,10H,1-4H2. The van der Waals surface area contributed by atoms with E-state index in [2.05, 4.69) is 10.8 Å². The van der Waals surface area contributed by atoms with Crippen molar-refractivity contribution in [3.8, 4) is 0 Å².